The predicted octanol–water partition coefficient (Wildman–Crippen LogP) is 3.61. The third-order valence-corrected chi connectivity index (χ3v) is 3.98. The minimum atomic E-state index is -0.920. The molecule has 0 aliphatic carbocycles. The van der Waals surface area contributed by atoms with Gasteiger partial charge in [0.1, 0.15) is 23.6 Å². The van der Waals surface area contributed by atoms with Gasteiger partial charge in [0.05, 0.1) is 10.7 Å². The first-order valence-corrected chi connectivity index (χ1v) is 7.92. The molecule has 0 saturated heterocycles. The molecule has 5 nitrogen and oxygen atoms in total. The van der Waals surface area contributed by atoms with Crippen LogP contribution in [0.4, 0.5) is 4.39 Å². The summed E-state index contributed by atoms with van der Waals surface area (Å²) < 4.78 is 20.8. The summed E-state index contributed by atoms with van der Waals surface area (Å²) in [5.74, 6) is -1.69. The van der Waals surface area contributed by atoms with Crippen LogP contribution in [-0.4, -0.2) is 15.4 Å². The molecule has 122 valence electrons. The summed E-state index contributed by atoms with van der Waals surface area (Å²) in [4.78, 5) is 28.3. The molecule has 0 amide bonds. The number of fused-ring (bicyclic) bond motifs is 1. The number of halogens is 3. The van der Waals surface area contributed by atoms with Gasteiger partial charge in [-0.15, -0.1) is 0 Å². The van der Waals surface area contributed by atoms with Gasteiger partial charge in [0, 0.05) is 16.7 Å². The van der Waals surface area contributed by atoms with Crippen molar-refractivity contribution in [1.82, 2.24) is 9.38 Å². The molecule has 0 unspecified atom stereocenters. The maximum Gasteiger partial charge on any atom is 0.343 e. The molecule has 0 saturated carbocycles. The summed E-state index contributed by atoms with van der Waals surface area (Å²) in [6, 6.07) is 8.51. The summed E-state index contributed by atoms with van der Waals surface area (Å²) >= 11 is 9.08. The van der Waals surface area contributed by atoms with Gasteiger partial charge in [0.25, 0.3) is 5.56 Å². The van der Waals surface area contributed by atoms with Crippen molar-refractivity contribution in [3.63, 3.8) is 0 Å². The lowest BCUT2D eigenvalue weighted by atomic mass is 10.2. The van der Waals surface area contributed by atoms with E-state index in [1.54, 1.807) is 18.3 Å². The summed E-state index contributed by atoms with van der Waals surface area (Å²) in [5.41, 5.74) is -0.0133. The Balaban J connectivity index is 1.85. The van der Waals surface area contributed by atoms with Crippen molar-refractivity contribution in [3.05, 3.63) is 79.5 Å². The molecule has 0 aliphatic rings. The van der Waals surface area contributed by atoms with Crippen LogP contribution in [0.1, 0.15) is 16.1 Å². The van der Waals surface area contributed by atoms with Crippen molar-refractivity contribution in [1.29, 1.82) is 0 Å². The lowest BCUT2D eigenvalue weighted by Gasteiger charge is -2.08. The zero-order chi connectivity index (χ0) is 17.3. The second-order valence-corrected chi connectivity index (χ2v) is 6.16. The van der Waals surface area contributed by atoms with E-state index in [-0.39, 0.29) is 28.4 Å². The van der Waals surface area contributed by atoms with E-state index in [9.17, 15) is 14.0 Å². The van der Waals surface area contributed by atoms with Crippen molar-refractivity contribution in [2.24, 2.45) is 0 Å². The average molecular weight is 412 g/mol. The lowest BCUT2D eigenvalue weighted by Crippen LogP contribution is -2.17. The van der Waals surface area contributed by atoms with Crippen molar-refractivity contribution < 1.29 is 13.9 Å². The topological polar surface area (TPSA) is 60.7 Å². The molecular weight excluding hydrogens is 403 g/mol. The minimum absolute atomic E-state index is 0.0450. The number of ether oxygens (including phenoxy) is 1. The van der Waals surface area contributed by atoms with E-state index < -0.39 is 11.8 Å². The first kappa shape index (κ1) is 16.6. The molecule has 2 aromatic heterocycles. The number of pyridine rings is 1. The van der Waals surface area contributed by atoms with Gasteiger partial charge in [-0.3, -0.25) is 9.20 Å². The number of nitrogens with zero attached hydrogens (tertiary/aromatic N) is 2. The molecule has 0 fully saturated rings. The predicted molar refractivity (Wildman–Crippen MR) is 89.7 cm³/mol. The Morgan fingerprint density at radius 2 is 2.12 bits per heavy atom. The second-order valence-electron chi connectivity index (χ2n) is 4.83. The van der Waals surface area contributed by atoms with E-state index >= 15 is 0 Å². The third-order valence-electron chi connectivity index (χ3n) is 3.19. The van der Waals surface area contributed by atoms with Crippen LogP contribution in [0.15, 0.2) is 51.9 Å². The average Bonchev–Trinajstić information content (AvgIpc) is 2.53. The van der Waals surface area contributed by atoms with Crippen molar-refractivity contribution in [2.45, 2.75) is 6.61 Å². The largest absolute Gasteiger partial charge is 0.455 e. The number of hydrogen-bond donors (Lipinski definition) is 0. The van der Waals surface area contributed by atoms with Gasteiger partial charge >= 0.3 is 5.97 Å². The quantitative estimate of drug-likeness (QED) is 0.618. The van der Waals surface area contributed by atoms with Crippen LogP contribution in [-0.2, 0) is 11.3 Å². The summed E-state index contributed by atoms with van der Waals surface area (Å²) in [6.07, 6.45) is 1.58. The van der Waals surface area contributed by atoms with E-state index in [0.717, 1.165) is 10.5 Å². The highest BCUT2D eigenvalue weighted by molar-refractivity contribution is 9.10. The Labute approximate surface area is 148 Å². The number of aromatic nitrogens is 2. The van der Waals surface area contributed by atoms with Crippen LogP contribution in [0.25, 0.3) is 5.65 Å². The van der Waals surface area contributed by atoms with Gasteiger partial charge in [-0.2, -0.15) is 0 Å². The van der Waals surface area contributed by atoms with Crippen molar-refractivity contribution >= 4 is 39.1 Å². The Kier molecular flexibility index (Phi) is 4.64. The zero-order valence-electron chi connectivity index (χ0n) is 12.0. The molecule has 0 radical (unpaired) electrons. The number of benzene rings is 1. The monoisotopic (exact) mass is 410 g/mol. The molecule has 0 aliphatic heterocycles. The Bertz CT molecular complexity index is 986. The maximum atomic E-state index is 13.7. The normalized spacial score (nSPS) is 10.8. The number of carbonyl (C=O) groups excluding carboxylic acids is 1. The third kappa shape index (κ3) is 3.32. The number of carbonyl (C=O) groups is 1. The molecule has 2 heterocycles. The van der Waals surface area contributed by atoms with Crippen LogP contribution >= 0.6 is 27.5 Å². The lowest BCUT2D eigenvalue weighted by molar-refractivity contribution is 0.0462. The van der Waals surface area contributed by atoms with Gasteiger partial charge < -0.3 is 4.74 Å². The van der Waals surface area contributed by atoms with Gasteiger partial charge in [0.15, 0.2) is 0 Å². The highest BCUT2D eigenvalue weighted by atomic mass is 79.9. The van der Waals surface area contributed by atoms with Crippen LogP contribution in [0.3, 0.4) is 0 Å². The Morgan fingerprint density at radius 1 is 1.33 bits per heavy atom. The van der Waals surface area contributed by atoms with Crippen LogP contribution in [0.2, 0.25) is 5.02 Å². The molecule has 3 rings (SSSR count). The summed E-state index contributed by atoms with van der Waals surface area (Å²) in [6.45, 7) is -0.273. The molecule has 1 aromatic carbocycles. The molecule has 0 bridgehead atoms. The fourth-order valence-corrected chi connectivity index (χ4v) is 2.68. The molecule has 0 N–H and O–H groups in total. The SMILES string of the molecule is O=C(OCc1cc(=O)n2cc(Br)ccc2n1)c1c(F)cccc1Cl. The molecular formula is C16H9BrClFN2O3. The smallest absolute Gasteiger partial charge is 0.343 e. The zero-order valence-corrected chi connectivity index (χ0v) is 14.3. The highest BCUT2D eigenvalue weighted by Crippen LogP contribution is 2.20. The summed E-state index contributed by atoms with van der Waals surface area (Å²) in [5, 5.41) is -0.0450. The molecule has 8 heteroatoms. The van der Waals surface area contributed by atoms with Gasteiger partial charge in [-0.25, -0.2) is 14.2 Å². The first-order chi connectivity index (χ1) is 11.5. The maximum absolute atomic E-state index is 13.7. The highest BCUT2D eigenvalue weighted by Gasteiger charge is 2.17. The van der Waals surface area contributed by atoms with Gasteiger partial charge in [0.2, 0.25) is 0 Å². The van der Waals surface area contributed by atoms with E-state index in [1.165, 1.54) is 22.6 Å². The van der Waals surface area contributed by atoms with E-state index in [1.807, 2.05) is 0 Å². The molecule has 24 heavy (non-hydrogen) atoms. The van der Waals surface area contributed by atoms with Crippen LogP contribution in [0, 0.1) is 5.82 Å². The Morgan fingerprint density at radius 3 is 2.88 bits per heavy atom. The van der Waals surface area contributed by atoms with Gasteiger partial charge in [-0.1, -0.05) is 17.7 Å². The number of rotatable bonds is 3. The van der Waals surface area contributed by atoms with Crippen molar-refractivity contribution in [2.75, 3.05) is 0 Å². The summed E-state index contributed by atoms with van der Waals surface area (Å²) in [7, 11) is 0. The second kappa shape index (κ2) is 6.70. The van der Waals surface area contributed by atoms with E-state index in [2.05, 4.69) is 20.9 Å². The molecule has 3 aromatic rings. The van der Waals surface area contributed by atoms with Gasteiger partial charge in [-0.05, 0) is 40.2 Å². The fraction of sp³-hybridized carbons (Fsp3) is 0.0625. The number of hydrogen-bond acceptors (Lipinski definition) is 4. The fourth-order valence-electron chi connectivity index (χ4n) is 2.10. The Hall–Kier alpha value is -2.25. The standard InChI is InChI=1S/C16H9BrClFN2O3/c17-9-4-5-13-20-10(6-14(22)21(13)7-9)8-24-16(23)15-11(18)2-1-3-12(15)19/h1-7H,8H2. The van der Waals surface area contributed by atoms with E-state index in [4.69, 9.17) is 16.3 Å². The van der Waals surface area contributed by atoms with Crippen LogP contribution in [0.5, 0.6) is 0 Å². The molecule has 0 spiro atoms. The van der Waals surface area contributed by atoms with Crippen LogP contribution < -0.4 is 5.56 Å². The van der Waals surface area contributed by atoms with E-state index in [0.29, 0.717) is 5.65 Å². The number of esters is 1. The van der Waals surface area contributed by atoms with Crippen molar-refractivity contribution in [3.8, 4) is 0 Å². The minimum Gasteiger partial charge on any atom is -0.455 e. The first-order valence-electron chi connectivity index (χ1n) is 6.74. The molecule has 0 atom stereocenters.